The van der Waals surface area contributed by atoms with E-state index in [1.54, 1.807) is 25.1 Å². The maximum atomic E-state index is 13.1. The molecule has 0 fully saturated rings. The van der Waals surface area contributed by atoms with Crippen molar-refractivity contribution in [2.24, 2.45) is 0 Å². The smallest absolute Gasteiger partial charge is 0.265 e. The van der Waals surface area contributed by atoms with Crippen LogP contribution in [0.4, 0.5) is 11.4 Å². The Hall–Kier alpha value is -2.86. The minimum atomic E-state index is -3.78. The second-order valence-electron chi connectivity index (χ2n) is 7.37. The number of hydrogen-bond acceptors (Lipinski definition) is 3. The van der Waals surface area contributed by atoms with E-state index < -0.39 is 16.1 Å². The van der Waals surface area contributed by atoms with Crippen molar-refractivity contribution >= 4 is 38.1 Å². The first kappa shape index (κ1) is 18.5. The summed E-state index contributed by atoms with van der Waals surface area (Å²) in [7, 11) is -3.78. The summed E-state index contributed by atoms with van der Waals surface area (Å²) in [4.78, 5) is 13.1. The van der Waals surface area contributed by atoms with Gasteiger partial charge >= 0.3 is 0 Å². The molecule has 1 amide bonds. The van der Waals surface area contributed by atoms with E-state index in [1.165, 1.54) is 9.87 Å². The van der Waals surface area contributed by atoms with Gasteiger partial charge in [0.2, 0.25) is 5.91 Å². The molecule has 1 N–H and O–H groups in total. The van der Waals surface area contributed by atoms with Crippen molar-refractivity contribution in [3.8, 4) is 0 Å². The van der Waals surface area contributed by atoms with Crippen LogP contribution in [0.15, 0.2) is 65.6 Å². The predicted octanol–water partition coefficient (Wildman–Crippen LogP) is 4.50. The van der Waals surface area contributed by atoms with Crippen LogP contribution in [-0.4, -0.2) is 20.4 Å². The summed E-state index contributed by atoms with van der Waals surface area (Å²) in [6.07, 6.45) is 0. The molecule has 5 nitrogen and oxygen atoms in total. The van der Waals surface area contributed by atoms with Gasteiger partial charge in [-0.25, -0.2) is 8.42 Å². The van der Waals surface area contributed by atoms with Crippen LogP contribution in [0.1, 0.15) is 32.3 Å². The van der Waals surface area contributed by atoms with Gasteiger partial charge in [-0.15, -0.1) is 0 Å². The molecule has 3 aromatic carbocycles. The van der Waals surface area contributed by atoms with Crippen LogP contribution in [0, 0.1) is 0 Å². The van der Waals surface area contributed by atoms with Gasteiger partial charge in [0.1, 0.15) is 6.04 Å². The standard InChI is InChI=1S/C22H22N2O3S/c1-14(2)16-10-12-18(13-11-16)23-22(25)15(3)24-19-8-4-6-17-7-5-9-20(21(17)19)28(24,26)27/h4-15H,1-3H3,(H,23,25)/t15-/m1/s1. The van der Waals surface area contributed by atoms with Gasteiger partial charge in [0.05, 0.1) is 10.6 Å². The van der Waals surface area contributed by atoms with Gasteiger partial charge in [0.25, 0.3) is 10.0 Å². The fourth-order valence-corrected chi connectivity index (χ4v) is 5.51. The van der Waals surface area contributed by atoms with E-state index in [0.717, 1.165) is 5.39 Å². The molecule has 0 spiro atoms. The second-order valence-corrected chi connectivity index (χ2v) is 9.16. The van der Waals surface area contributed by atoms with E-state index in [-0.39, 0.29) is 10.8 Å². The molecule has 28 heavy (non-hydrogen) atoms. The Kier molecular flexibility index (Phi) is 4.38. The first-order valence-electron chi connectivity index (χ1n) is 9.27. The van der Waals surface area contributed by atoms with Crippen LogP contribution in [0.5, 0.6) is 0 Å². The predicted molar refractivity (Wildman–Crippen MR) is 112 cm³/mol. The molecular formula is C22H22N2O3S. The summed E-state index contributed by atoms with van der Waals surface area (Å²) >= 11 is 0. The lowest BCUT2D eigenvalue weighted by Crippen LogP contribution is -2.43. The quantitative estimate of drug-likeness (QED) is 0.708. The Morgan fingerprint density at radius 3 is 2.21 bits per heavy atom. The average molecular weight is 394 g/mol. The molecule has 144 valence electrons. The molecule has 1 heterocycles. The Labute approximate surface area is 165 Å². The lowest BCUT2D eigenvalue weighted by Gasteiger charge is -2.25. The third-order valence-electron chi connectivity index (χ3n) is 5.19. The first-order valence-corrected chi connectivity index (χ1v) is 10.7. The number of carbonyl (C=O) groups excluding carboxylic acids is 1. The van der Waals surface area contributed by atoms with Crippen LogP contribution in [0.2, 0.25) is 0 Å². The molecule has 0 unspecified atom stereocenters. The Balaban J connectivity index is 1.66. The fourth-order valence-electron chi connectivity index (χ4n) is 3.64. The molecule has 1 aliphatic rings. The van der Waals surface area contributed by atoms with Gasteiger partial charge in [-0.1, -0.05) is 50.2 Å². The summed E-state index contributed by atoms with van der Waals surface area (Å²) in [6.45, 7) is 5.82. The minimum absolute atomic E-state index is 0.251. The van der Waals surface area contributed by atoms with Crippen LogP contribution in [-0.2, 0) is 14.8 Å². The highest BCUT2D eigenvalue weighted by Gasteiger charge is 2.40. The van der Waals surface area contributed by atoms with Crippen molar-refractivity contribution in [1.29, 1.82) is 0 Å². The summed E-state index contributed by atoms with van der Waals surface area (Å²) in [6, 6.07) is 17.4. The second kappa shape index (κ2) is 6.63. The lowest BCUT2D eigenvalue weighted by atomic mass is 10.0. The van der Waals surface area contributed by atoms with Crippen molar-refractivity contribution in [3.05, 3.63) is 66.2 Å². The molecule has 1 aliphatic heterocycles. The summed E-state index contributed by atoms with van der Waals surface area (Å²) < 4.78 is 27.5. The molecule has 0 aromatic heterocycles. The molecule has 6 heteroatoms. The molecule has 4 rings (SSSR count). The number of rotatable bonds is 4. The highest BCUT2D eigenvalue weighted by molar-refractivity contribution is 7.93. The number of benzene rings is 3. The number of carbonyl (C=O) groups is 1. The van der Waals surface area contributed by atoms with Gasteiger partial charge in [-0.2, -0.15) is 0 Å². The highest BCUT2D eigenvalue weighted by atomic mass is 32.2. The number of hydrogen-bond donors (Lipinski definition) is 1. The van der Waals surface area contributed by atoms with Crippen molar-refractivity contribution in [3.63, 3.8) is 0 Å². The Bertz CT molecular complexity index is 1160. The molecule has 0 bridgehead atoms. The summed E-state index contributed by atoms with van der Waals surface area (Å²) in [5.74, 6) is 0.0306. The first-order chi connectivity index (χ1) is 13.3. The highest BCUT2D eigenvalue weighted by Crippen LogP contribution is 2.43. The largest absolute Gasteiger partial charge is 0.324 e. The third-order valence-corrected chi connectivity index (χ3v) is 7.12. The Morgan fingerprint density at radius 2 is 1.57 bits per heavy atom. The molecular weight excluding hydrogens is 372 g/mol. The van der Waals surface area contributed by atoms with E-state index in [0.29, 0.717) is 22.7 Å². The number of sulfonamides is 1. The van der Waals surface area contributed by atoms with Gasteiger partial charge in [0.15, 0.2) is 0 Å². The molecule has 0 saturated carbocycles. The SMILES string of the molecule is CC(C)c1ccc(NC(=O)[C@@H](C)N2c3cccc4cccc(c34)S2(=O)=O)cc1. The summed E-state index contributed by atoms with van der Waals surface area (Å²) in [5.41, 5.74) is 2.37. The van der Waals surface area contributed by atoms with Gasteiger partial charge in [-0.05, 0) is 48.1 Å². The molecule has 1 atom stereocenters. The van der Waals surface area contributed by atoms with E-state index in [2.05, 4.69) is 19.2 Å². The average Bonchev–Trinajstić information content (AvgIpc) is 2.90. The van der Waals surface area contributed by atoms with E-state index in [4.69, 9.17) is 0 Å². The van der Waals surface area contributed by atoms with Crippen molar-refractivity contribution in [2.75, 3.05) is 9.62 Å². The van der Waals surface area contributed by atoms with E-state index in [9.17, 15) is 13.2 Å². The number of nitrogens with zero attached hydrogens (tertiary/aromatic N) is 1. The topological polar surface area (TPSA) is 66.5 Å². The summed E-state index contributed by atoms with van der Waals surface area (Å²) in [5, 5.41) is 4.35. The lowest BCUT2D eigenvalue weighted by molar-refractivity contribution is -0.116. The van der Waals surface area contributed by atoms with Gasteiger partial charge in [0, 0.05) is 11.1 Å². The van der Waals surface area contributed by atoms with Crippen LogP contribution >= 0.6 is 0 Å². The zero-order chi connectivity index (χ0) is 20.1. The minimum Gasteiger partial charge on any atom is -0.324 e. The van der Waals surface area contributed by atoms with Crippen molar-refractivity contribution in [2.45, 2.75) is 37.6 Å². The molecule has 0 aliphatic carbocycles. The number of amides is 1. The Morgan fingerprint density at radius 1 is 0.929 bits per heavy atom. The molecule has 3 aromatic rings. The van der Waals surface area contributed by atoms with Gasteiger partial charge in [-0.3, -0.25) is 9.10 Å². The number of nitrogens with one attached hydrogen (secondary N) is 1. The monoisotopic (exact) mass is 394 g/mol. The maximum absolute atomic E-state index is 13.1. The molecule has 0 saturated heterocycles. The van der Waals surface area contributed by atoms with Crippen molar-refractivity contribution in [1.82, 2.24) is 0 Å². The fraction of sp³-hybridized carbons (Fsp3) is 0.227. The van der Waals surface area contributed by atoms with Crippen molar-refractivity contribution < 1.29 is 13.2 Å². The van der Waals surface area contributed by atoms with Crippen LogP contribution < -0.4 is 9.62 Å². The third kappa shape index (κ3) is 2.85. The normalized spacial score (nSPS) is 15.8. The molecule has 0 radical (unpaired) electrons. The maximum Gasteiger partial charge on any atom is 0.265 e. The zero-order valence-corrected chi connectivity index (χ0v) is 16.8. The zero-order valence-electron chi connectivity index (χ0n) is 16.0. The van der Waals surface area contributed by atoms with Crippen LogP contribution in [0.3, 0.4) is 0 Å². The van der Waals surface area contributed by atoms with Crippen LogP contribution in [0.25, 0.3) is 10.8 Å². The van der Waals surface area contributed by atoms with Gasteiger partial charge < -0.3 is 5.32 Å². The number of anilines is 2. The van der Waals surface area contributed by atoms with E-state index >= 15 is 0 Å². The van der Waals surface area contributed by atoms with E-state index in [1.807, 2.05) is 42.5 Å².